The largest absolute Gasteiger partial charge is 0.476 e. The van der Waals surface area contributed by atoms with Gasteiger partial charge in [0.15, 0.2) is 5.69 Å². The molecule has 5 aromatic rings. The molecule has 3 aromatic carbocycles. The molecule has 0 aliphatic heterocycles. The maximum atomic E-state index is 15.0. The van der Waals surface area contributed by atoms with Gasteiger partial charge < -0.3 is 5.11 Å². The summed E-state index contributed by atoms with van der Waals surface area (Å²) in [7, 11) is -3.59. The van der Waals surface area contributed by atoms with Crippen molar-refractivity contribution in [3.05, 3.63) is 107 Å². The number of aromatic carboxylic acids is 1. The number of aromatic nitrogens is 3. The van der Waals surface area contributed by atoms with E-state index in [-0.39, 0.29) is 16.4 Å². The predicted octanol–water partition coefficient (Wildman–Crippen LogP) is 6.25. The average Bonchev–Trinajstić information content (AvgIpc) is 3.51. The molecule has 41 heavy (non-hydrogen) atoms. The molecule has 1 fully saturated rings. The van der Waals surface area contributed by atoms with E-state index in [9.17, 15) is 18.7 Å². The lowest BCUT2D eigenvalue weighted by molar-refractivity contribution is 0.0691. The van der Waals surface area contributed by atoms with Gasteiger partial charge in [0, 0.05) is 28.5 Å². The molecule has 11 heteroatoms. The Morgan fingerprint density at radius 1 is 1.07 bits per heavy atom. The quantitative estimate of drug-likeness (QED) is 0.174. The molecule has 0 saturated heterocycles. The van der Waals surface area contributed by atoms with Crippen LogP contribution in [0.3, 0.4) is 0 Å². The monoisotopic (exact) mass is 589 g/mol. The second-order valence-electron chi connectivity index (χ2n) is 10.1. The molecule has 208 valence electrons. The molecule has 0 spiro atoms. The van der Waals surface area contributed by atoms with Gasteiger partial charge in [0.05, 0.1) is 11.4 Å². The van der Waals surface area contributed by atoms with Crippen molar-refractivity contribution in [2.75, 3.05) is 0 Å². The third-order valence-electron chi connectivity index (χ3n) is 7.13. The second-order valence-corrected chi connectivity index (χ2v) is 12.5. The zero-order valence-corrected chi connectivity index (χ0v) is 23.4. The summed E-state index contributed by atoms with van der Waals surface area (Å²) in [6.07, 6.45) is 3.33. The number of hydrogen-bond acceptors (Lipinski definition) is 5. The molecule has 1 saturated carbocycles. The van der Waals surface area contributed by atoms with Crippen LogP contribution in [0.15, 0.2) is 83.1 Å². The van der Waals surface area contributed by atoms with E-state index < -0.39 is 16.4 Å². The van der Waals surface area contributed by atoms with Crippen molar-refractivity contribution in [2.45, 2.75) is 30.6 Å². The maximum absolute atomic E-state index is 15.0. The lowest BCUT2D eigenvalue weighted by Gasteiger charge is -2.10. The van der Waals surface area contributed by atoms with Crippen LogP contribution >= 0.6 is 11.3 Å². The van der Waals surface area contributed by atoms with Crippen LogP contribution in [0.5, 0.6) is 0 Å². The summed E-state index contributed by atoms with van der Waals surface area (Å²) >= 11 is 1.20. The molecule has 0 radical (unpaired) electrons. The molecule has 6 rings (SSSR count). The number of benzene rings is 3. The Hall–Kier alpha value is -4.03. The Kier molecular flexibility index (Phi) is 7.12. The van der Waals surface area contributed by atoms with Crippen LogP contribution in [0.1, 0.15) is 40.2 Å². The van der Waals surface area contributed by atoms with Gasteiger partial charge in [-0.2, -0.15) is 9.65 Å². The van der Waals surface area contributed by atoms with Crippen molar-refractivity contribution in [2.24, 2.45) is 11.1 Å². The summed E-state index contributed by atoms with van der Waals surface area (Å²) in [6, 6.07) is 20.8. The Balaban J connectivity index is 1.52. The molecular weight excluding hydrogens is 563 g/mol. The summed E-state index contributed by atoms with van der Waals surface area (Å²) in [5, 5.41) is 21.8. The summed E-state index contributed by atoms with van der Waals surface area (Å²) in [6.45, 7) is 0. The summed E-state index contributed by atoms with van der Waals surface area (Å²) in [4.78, 5) is 16.0. The van der Waals surface area contributed by atoms with Crippen molar-refractivity contribution in [1.29, 1.82) is 0 Å². The highest BCUT2D eigenvalue weighted by Gasteiger charge is 2.30. The SMILES string of the molecule is N[S+](=O)(O)c1ccc(Cc2c(-c3ccc(F)c(-c4ccccc4)c3)nn(-c3nc(C(=O)O)cs3)c2CC2CC2)cc1. The molecule has 0 amide bonds. The van der Waals surface area contributed by atoms with Crippen LogP contribution in [-0.4, -0.2) is 30.4 Å². The molecule has 1 aliphatic rings. The molecule has 0 bridgehead atoms. The minimum absolute atomic E-state index is 0.0564. The number of nitrogens with zero attached hydrogens (tertiary/aromatic N) is 3. The van der Waals surface area contributed by atoms with Crippen molar-refractivity contribution < 1.29 is 23.1 Å². The number of halogens is 1. The average molecular weight is 590 g/mol. The lowest BCUT2D eigenvalue weighted by Crippen LogP contribution is -2.20. The van der Waals surface area contributed by atoms with Crippen LogP contribution in [0.4, 0.5) is 4.39 Å². The fourth-order valence-corrected chi connectivity index (χ4v) is 6.14. The fraction of sp³-hybridized carbons (Fsp3) is 0.167. The standard InChI is InChI=1S/C30H25FN4O4S2/c31-25-13-10-21(16-23(25)20-4-2-1-3-5-20)28-24(14-18-8-11-22(12-9-18)41(32,38)39)27(15-19-6-7-19)35(34-28)30-33-26(17-40-30)29(36)37/h1-5,8-13,16-17,19H,6-7,14-15H2,(H3-,32,36,37,38,39)/p+1. The fourth-order valence-electron chi connectivity index (χ4n) is 4.84. The first kappa shape index (κ1) is 27.2. The summed E-state index contributed by atoms with van der Waals surface area (Å²) in [5.41, 5.74) is 5.15. The van der Waals surface area contributed by atoms with E-state index in [4.69, 9.17) is 10.2 Å². The Morgan fingerprint density at radius 3 is 2.44 bits per heavy atom. The number of thiazole rings is 1. The number of hydrogen-bond donors (Lipinski definition) is 3. The summed E-state index contributed by atoms with van der Waals surface area (Å²) < 4.78 is 38.4. The van der Waals surface area contributed by atoms with Gasteiger partial charge in [0.25, 0.3) is 0 Å². The van der Waals surface area contributed by atoms with Gasteiger partial charge in [-0.05, 0) is 70.8 Å². The minimum atomic E-state index is -3.59. The van der Waals surface area contributed by atoms with Crippen molar-refractivity contribution in [3.63, 3.8) is 0 Å². The van der Waals surface area contributed by atoms with Crippen molar-refractivity contribution in [3.8, 4) is 27.5 Å². The molecule has 4 N–H and O–H groups in total. The van der Waals surface area contributed by atoms with E-state index in [1.165, 1.54) is 34.9 Å². The number of nitrogens with two attached hydrogens (primary N) is 1. The smallest absolute Gasteiger partial charge is 0.355 e. The first-order valence-corrected chi connectivity index (χ1v) is 15.4. The molecule has 1 atom stereocenters. The Bertz CT molecular complexity index is 1790. The van der Waals surface area contributed by atoms with Crippen molar-refractivity contribution in [1.82, 2.24) is 14.8 Å². The van der Waals surface area contributed by atoms with E-state index in [0.29, 0.717) is 34.3 Å². The molecule has 1 unspecified atom stereocenters. The van der Waals surface area contributed by atoms with Gasteiger partial charge in [0.2, 0.25) is 10.0 Å². The number of carboxylic acid groups (broad SMARTS) is 1. The van der Waals surface area contributed by atoms with E-state index in [2.05, 4.69) is 4.98 Å². The van der Waals surface area contributed by atoms with Crippen LogP contribution < -0.4 is 5.14 Å². The van der Waals surface area contributed by atoms with Crippen molar-refractivity contribution >= 4 is 27.7 Å². The maximum Gasteiger partial charge on any atom is 0.355 e. The van der Waals surface area contributed by atoms with E-state index in [1.54, 1.807) is 28.9 Å². The van der Waals surface area contributed by atoms with Crippen LogP contribution in [-0.2, 0) is 27.5 Å². The van der Waals surface area contributed by atoms with Gasteiger partial charge >= 0.3 is 16.4 Å². The third kappa shape index (κ3) is 5.75. The van der Waals surface area contributed by atoms with Crippen LogP contribution in [0.2, 0.25) is 0 Å². The summed E-state index contributed by atoms with van der Waals surface area (Å²) in [5.74, 6) is -0.992. The molecule has 2 heterocycles. The Morgan fingerprint density at radius 2 is 1.80 bits per heavy atom. The van der Waals surface area contributed by atoms with Gasteiger partial charge in [0.1, 0.15) is 5.82 Å². The van der Waals surface area contributed by atoms with Crippen LogP contribution in [0, 0.1) is 11.7 Å². The predicted molar refractivity (Wildman–Crippen MR) is 156 cm³/mol. The third-order valence-corrected chi connectivity index (χ3v) is 8.89. The zero-order chi connectivity index (χ0) is 28.7. The normalized spacial score (nSPS) is 14.6. The second kappa shape index (κ2) is 10.7. The van der Waals surface area contributed by atoms with E-state index in [0.717, 1.165) is 41.6 Å². The number of carboxylic acids is 1. The van der Waals surface area contributed by atoms with Gasteiger partial charge in [-0.25, -0.2) is 18.9 Å². The van der Waals surface area contributed by atoms with Gasteiger partial charge in [-0.1, -0.05) is 42.5 Å². The Labute approximate surface area is 240 Å². The minimum Gasteiger partial charge on any atom is -0.476 e. The van der Waals surface area contributed by atoms with E-state index in [1.807, 2.05) is 30.3 Å². The highest BCUT2D eigenvalue weighted by molar-refractivity contribution is 7.95. The molecule has 8 nitrogen and oxygen atoms in total. The van der Waals surface area contributed by atoms with Gasteiger partial charge in [-0.3, -0.25) is 0 Å². The topological polar surface area (TPSA) is 131 Å². The molecular formula is C30H26FN4O4S2+. The number of rotatable bonds is 9. The first-order valence-electron chi connectivity index (χ1n) is 13.0. The first-order chi connectivity index (χ1) is 19.7. The highest BCUT2D eigenvalue weighted by atomic mass is 32.3. The highest BCUT2D eigenvalue weighted by Crippen LogP contribution is 2.39. The number of carbonyl (C=O) groups is 1. The zero-order valence-electron chi connectivity index (χ0n) is 21.7. The lowest BCUT2D eigenvalue weighted by atomic mass is 9.95. The molecule has 1 aliphatic carbocycles. The molecule has 2 aromatic heterocycles. The van der Waals surface area contributed by atoms with E-state index >= 15 is 4.39 Å². The van der Waals surface area contributed by atoms with Gasteiger partial charge in [-0.15, -0.1) is 16.5 Å². The van der Waals surface area contributed by atoms with Crippen LogP contribution in [0.25, 0.3) is 27.5 Å².